The summed E-state index contributed by atoms with van der Waals surface area (Å²) in [6, 6.07) is 6.56. The summed E-state index contributed by atoms with van der Waals surface area (Å²) in [7, 11) is 1.80. The number of fused-ring (bicyclic) bond motifs is 1. The van der Waals surface area contributed by atoms with Gasteiger partial charge in [-0.15, -0.1) is 12.4 Å². The highest BCUT2D eigenvalue weighted by Gasteiger charge is 2.38. The number of nitrogens with one attached hydrogen (secondary N) is 1. The zero-order valence-electron chi connectivity index (χ0n) is 13.5. The lowest BCUT2D eigenvalue weighted by molar-refractivity contribution is -0.146. The van der Waals surface area contributed by atoms with Gasteiger partial charge in [0.2, 0.25) is 11.7 Å². The maximum atomic E-state index is 13.3. The Hall–Kier alpha value is -2.13. The van der Waals surface area contributed by atoms with Gasteiger partial charge in [-0.1, -0.05) is 17.3 Å². The third-order valence-corrected chi connectivity index (χ3v) is 3.69. The van der Waals surface area contributed by atoms with E-state index >= 15 is 0 Å². The molecule has 0 saturated heterocycles. The number of imidazole rings is 1. The van der Waals surface area contributed by atoms with Crippen molar-refractivity contribution in [2.24, 2.45) is 0 Å². The standard InChI is InChI=1S/C15H16F3N5O.ClH/c1-9(19-2)7-12-21-13(24-22-12)8-23-11-6-4-3-5-10(11)20-14(23)15(16,17)18;/h3-6,9,19H,7-8H2,1-2H3;1H. The van der Waals surface area contributed by atoms with Gasteiger partial charge >= 0.3 is 6.18 Å². The van der Waals surface area contributed by atoms with Gasteiger partial charge in [0.1, 0.15) is 6.54 Å². The van der Waals surface area contributed by atoms with Crippen LogP contribution in [0.3, 0.4) is 0 Å². The molecule has 25 heavy (non-hydrogen) atoms. The lowest BCUT2D eigenvalue weighted by Crippen LogP contribution is -2.24. The van der Waals surface area contributed by atoms with E-state index in [4.69, 9.17) is 4.52 Å². The van der Waals surface area contributed by atoms with Crippen LogP contribution in [0.2, 0.25) is 0 Å². The monoisotopic (exact) mass is 375 g/mol. The zero-order valence-corrected chi connectivity index (χ0v) is 14.4. The van der Waals surface area contributed by atoms with Crippen LogP contribution in [0.4, 0.5) is 13.2 Å². The molecule has 3 aromatic rings. The van der Waals surface area contributed by atoms with E-state index in [-0.39, 0.29) is 36.4 Å². The molecule has 1 unspecified atom stereocenters. The van der Waals surface area contributed by atoms with E-state index in [1.54, 1.807) is 25.2 Å². The lowest BCUT2D eigenvalue weighted by atomic mass is 10.2. The van der Waals surface area contributed by atoms with Gasteiger partial charge in [0, 0.05) is 12.5 Å². The first-order valence-electron chi connectivity index (χ1n) is 7.39. The van der Waals surface area contributed by atoms with Crippen molar-refractivity contribution in [3.63, 3.8) is 0 Å². The van der Waals surface area contributed by atoms with Crippen molar-refractivity contribution in [3.8, 4) is 0 Å². The van der Waals surface area contributed by atoms with Crippen LogP contribution < -0.4 is 5.32 Å². The van der Waals surface area contributed by atoms with Crippen molar-refractivity contribution in [2.75, 3.05) is 7.05 Å². The number of hydrogen-bond donors (Lipinski definition) is 1. The second-order valence-electron chi connectivity index (χ2n) is 5.51. The first-order valence-corrected chi connectivity index (χ1v) is 7.39. The maximum Gasteiger partial charge on any atom is 0.449 e. The van der Waals surface area contributed by atoms with Gasteiger partial charge in [0.15, 0.2) is 5.82 Å². The SMILES string of the molecule is CNC(C)Cc1noc(Cn2c(C(F)(F)F)nc3ccccc32)n1.Cl. The summed E-state index contributed by atoms with van der Waals surface area (Å²) in [6.45, 7) is 1.76. The van der Waals surface area contributed by atoms with Crippen LogP contribution in [0.1, 0.15) is 24.5 Å². The van der Waals surface area contributed by atoms with E-state index in [0.717, 1.165) is 4.57 Å². The summed E-state index contributed by atoms with van der Waals surface area (Å²) < 4.78 is 45.9. The number of halogens is 4. The molecule has 136 valence electrons. The highest BCUT2D eigenvalue weighted by molar-refractivity contribution is 5.85. The molecule has 3 rings (SSSR count). The molecule has 10 heteroatoms. The molecular weight excluding hydrogens is 359 g/mol. The minimum absolute atomic E-state index is 0. The predicted molar refractivity (Wildman–Crippen MR) is 87.6 cm³/mol. The summed E-state index contributed by atoms with van der Waals surface area (Å²) in [4.78, 5) is 7.86. The topological polar surface area (TPSA) is 68.8 Å². The van der Waals surface area contributed by atoms with Crippen molar-refractivity contribution in [1.29, 1.82) is 0 Å². The summed E-state index contributed by atoms with van der Waals surface area (Å²) in [6.07, 6.45) is -4.04. The molecule has 1 atom stereocenters. The number of benzene rings is 1. The minimum atomic E-state index is -4.57. The molecule has 0 spiro atoms. The smallest absolute Gasteiger partial charge is 0.337 e. The van der Waals surface area contributed by atoms with Gasteiger partial charge in [-0.25, -0.2) is 4.98 Å². The number of likely N-dealkylation sites (N-methyl/N-ethyl adjacent to an activating group) is 1. The van der Waals surface area contributed by atoms with Gasteiger partial charge in [0.05, 0.1) is 11.0 Å². The first-order chi connectivity index (χ1) is 11.4. The van der Waals surface area contributed by atoms with E-state index in [9.17, 15) is 13.2 Å². The number of nitrogens with zero attached hydrogens (tertiary/aromatic N) is 4. The van der Waals surface area contributed by atoms with Crippen molar-refractivity contribution < 1.29 is 17.7 Å². The van der Waals surface area contributed by atoms with Crippen LogP contribution in [0.25, 0.3) is 11.0 Å². The molecule has 0 aliphatic heterocycles. The third-order valence-electron chi connectivity index (χ3n) is 3.69. The van der Waals surface area contributed by atoms with E-state index < -0.39 is 12.0 Å². The third kappa shape index (κ3) is 4.10. The van der Waals surface area contributed by atoms with Crippen molar-refractivity contribution in [2.45, 2.75) is 32.1 Å². The molecule has 0 radical (unpaired) electrons. The van der Waals surface area contributed by atoms with Gasteiger partial charge < -0.3 is 14.4 Å². The Morgan fingerprint density at radius 2 is 1.96 bits per heavy atom. The Bertz CT molecular complexity index is 845. The molecule has 0 bridgehead atoms. The zero-order chi connectivity index (χ0) is 17.3. The fraction of sp³-hybridized carbons (Fsp3) is 0.400. The van der Waals surface area contributed by atoms with Crippen molar-refractivity contribution in [3.05, 3.63) is 41.8 Å². The normalized spacial score (nSPS) is 13.0. The van der Waals surface area contributed by atoms with E-state index in [1.807, 2.05) is 6.92 Å². The van der Waals surface area contributed by atoms with Gasteiger partial charge in [-0.05, 0) is 26.1 Å². The van der Waals surface area contributed by atoms with Crippen LogP contribution >= 0.6 is 12.4 Å². The van der Waals surface area contributed by atoms with Crippen LogP contribution in [0, 0.1) is 0 Å². The summed E-state index contributed by atoms with van der Waals surface area (Å²) in [5.41, 5.74) is 0.640. The fourth-order valence-corrected chi connectivity index (χ4v) is 2.40. The van der Waals surface area contributed by atoms with Gasteiger partial charge in [0.25, 0.3) is 0 Å². The van der Waals surface area contributed by atoms with Crippen molar-refractivity contribution in [1.82, 2.24) is 25.0 Å². The number of para-hydroxylation sites is 2. The van der Waals surface area contributed by atoms with Crippen LogP contribution in [-0.2, 0) is 19.1 Å². The van der Waals surface area contributed by atoms with Gasteiger partial charge in [-0.2, -0.15) is 18.2 Å². The molecule has 0 amide bonds. The molecule has 2 aromatic heterocycles. The Morgan fingerprint density at radius 3 is 2.64 bits per heavy atom. The highest BCUT2D eigenvalue weighted by atomic mass is 35.5. The molecule has 6 nitrogen and oxygen atoms in total. The lowest BCUT2D eigenvalue weighted by Gasteiger charge is -2.09. The molecular formula is C15H17ClF3N5O. The second kappa shape index (κ2) is 7.40. The number of aromatic nitrogens is 4. The van der Waals surface area contributed by atoms with E-state index in [2.05, 4.69) is 20.4 Å². The molecule has 0 aliphatic rings. The predicted octanol–water partition coefficient (Wildman–Crippen LogP) is 3.06. The molecule has 1 N–H and O–H groups in total. The summed E-state index contributed by atoms with van der Waals surface area (Å²) >= 11 is 0. The molecule has 1 aromatic carbocycles. The van der Waals surface area contributed by atoms with Crippen LogP contribution in [0.15, 0.2) is 28.8 Å². The Labute approximate surface area is 147 Å². The first kappa shape index (κ1) is 19.2. The number of hydrogen-bond acceptors (Lipinski definition) is 5. The van der Waals surface area contributed by atoms with Crippen LogP contribution in [0.5, 0.6) is 0 Å². The number of rotatable bonds is 5. The number of alkyl halides is 3. The maximum absolute atomic E-state index is 13.3. The highest BCUT2D eigenvalue weighted by Crippen LogP contribution is 2.31. The van der Waals surface area contributed by atoms with Crippen LogP contribution in [-0.4, -0.2) is 32.8 Å². The molecule has 0 fully saturated rings. The largest absolute Gasteiger partial charge is 0.449 e. The minimum Gasteiger partial charge on any atom is -0.337 e. The Morgan fingerprint density at radius 1 is 1.24 bits per heavy atom. The molecule has 2 heterocycles. The van der Waals surface area contributed by atoms with E-state index in [1.165, 1.54) is 6.07 Å². The van der Waals surface area contributed by atoms with Crippen molar-refractivity contribution >= 4 is 23.4 Å². The summed E-state index contributed by atoms with van der Waals surface area (Å²) in [5, 5.41) is 6.85. The second-order valence-corrected chi connectivity index (χ2v) is 5.51. The fourth-order valence-electron chi connectivity index (χ4n) is 2.40. The Kier molecular flexibility index (Phi) is 5.69. The molecule has 0 saturated carbocycles. The average molecular weight is 376 g/mol. The summed E-state index contributed by atoms with van der Waals surface area (Å²) in [5.74, 6) is -0.418. The van der Waals surface area contributed by atoms with Gasteiger partial charge in [-0.3, -0.25) is 0 Å². The average Bonchev–Trinajstić information content (AvgIpc) is 3.12. The van der Waals surface area contributed by atoms with E-state index in [0.29, 0.717) is 17.8 Å². The molecule has 0 aliphatic carbocycles. The quantitative estimate of drug-likeness (QED) is 0.742. The Balaban J connectivity index is 0.00000225.